The van der Waals surface area contributed by atoms with Gasteiger partial charge in [0, 0.05) is 16.4 Å². The normalized spacial score (nSPS) is 26.5. The van der Waals surface area contributed by atoms with E-state index in [0.29, 0.717) is 19.6 Å². The van der Waals surface area contributed by atoms with Gasteiger partial charge in [0.2, 0.25) is 11.8 Å². The van der Waals surface area contributed by atoms with E-state index >= 15 is 0 Å². The summed E-state index contributed by atoms with van der Waals surface area (Å²) in [6, 6.07) is 11.2. The van der Waals surface area contributed by atoms with Gasteiger partial charge in [-0.2, -0.15) is 0 Å². The van der Waals surface area contributed by atoms with E-state index in [-0.39, 0.29) is 36.2 Å². The maximum Gasteiger partial charge on any atom is 0.234 e. The smallest absolute Gasteiger partial charge is 0.234 e. The van der Waals surface area contributed by atoms with Crippen molar-refractivity contribution < 1.29 is 24.5 Å². The molecule has 3 heterocycles. The third-order valence-electron chi connectivity index (χ3n) is 7.66. The number of fused-ring (bicyclic) bond motifs is 3. The summed E-state index contributed by atoms with van der Waals surface area (Å²) in [6.45, 7) is 2.70. The first-order chi connectivity index (χ1) is 17.0. The second-order valence-corrected chi connectivity index (χ2v) is 10.6. The van der Waals surface area contributed by atoms with E-state index in [0.717, 1.165) is 40.8 Å². The zero-order valence-electron chi connectivity index (χ0n) is 19.9. The molecule has 1 aromatic carbocycles. The van der Waals surface area contributed by atoms with Crippen molar-refractivity contribution in [2.24, 2.45) is 17.8 Å². The fourth-order valence-electron chi connectivity index (χ4n) is 5.90. The third kappa shape index (κ3) is 4.48. The summed E-state index contributed by atoms with van der Waals surface area (Å²) in [4.78, 5) is 29.0. The lowest BCUT2D eigenvalue weighted by Crippen LogP contribution is -2.34. The molecule has 4 atom stereocenters. The number of benzene rings is 1. The second kappa shape index (κ2) is 10.1. The standard InChI is InChI=1S/C28H31NO5S/c1-2-17(12-18-6-3-4-8-23(18)31)9-10-24-25-19(15-30)13-21-26(22(25)16-34-24)28(33)29(27(21)32)14-20-7-5-11-35-20/h3-8,11-12,21-22,24,26,30-31H,2,9-10,13-16H2,1H3/b17-12+/t21-,22+,24-,26-/m1/s1. The highest BCUT2D eigenvalue weighted by atomic mass is 32.1. The molecule has 184 valence electrons. The van der Waals surface area contributed by atoms with Crippen LogP contribution in [0.2, 0.25) is 0 Å². The number of aliphatic hydroxyl groups is 1. The van der Waals surface area contributed by atoms with Gasteiger partial charge in [-0.25, -0.2) is 0 Å². The maximum atomic E-state index is 13.4. The first kappa shape index (κ1) is 24.0. The Kier molecular flexibility index (Phi) is 6.91. The quantitative estimate of drug-likeness (QED) is 0.417. The van der Waals surface area contributed by atoms with Crippen molar-refractivity contribution in [3.8, 4) is 5.75 Å². The van der Waals surface area contributed by atoms with Gasteiger partial charge in [0.25, 0.3) is 0 Å². The van der Waals surface area contributed by atoms with Gasteiger partial charge in [0.05, 0.1) is 37.7 Å². The Labute approximate surface area is 209 Å². The largest absolute Gasteiger partial charge is 0.507 e. The van der Waals surface area contributed by atoms with Crippen LogP contribution in [0.25, 0.3) is 6.08 Å². The Morgan fingerprint density at radius 1 is 1.17 bits per heavy atom. The first-order valence-corrected chi connectivity index (χ1v) is 13.2. The number of imide groups is 1. The van der Waals surface area contributed by atoms with Gasteiger partial charge in [0.15, 0.2) is 0 Å². The van der Waals surface area contributed by atoms with Crippen LogP contribution in [0.15, 0.2) is 58.5 Å². The number of aliphatic hydroxyl groups excluding tert-OH is 1. The van der Waals surface area contributed by atoms with Gasteiger partial charge in [-0.3, -0.25) is 14.5 Å². The van der Waals surface area contributed by atoms with Crippen LogP contribution in [0.4, 0.5) is 0 Å². The topological polar surface area (TPSA) is 87.1 Å². The predicted molar refractivity (Wildman–Crippen MR) is 134 cm³/mol. The Bertz CT molecular complexity index is 1170. The highest BCUT2D eigenvalue weighted by molar-refractivity contribution is 7.09. The predicted octanol–water partition coefficient (Wildman–Crippen LogP) is 4.54. The van der Waals surface area contributed by atoms with Crippen molar-refractivity contribution in [3.05, 3.63) is 68.9 Å². The Morgan fingerprint density at radius 2 is 2.00 bits per heavy atom. The molecular weight excluding hydrogens is 462 g/mol. The lowest BCUT2D eigenvalue weighted by molar-refractivity contribution is -0.140. The van der Waals surface area contributed by atoms with Crippen LogP contribution in [0.3, 0.4) is 0 Å². The van der Waals surface area contributed by atoms with Crippen LogP contribution in [-0.4, -0.2) is 46.2 Å². The summed E-state index contributed by atoms with van der Waals surface area (Å²) in [5, 5.41) is 22.3. The van der Waals surface area contributed by atoms with E-state index < -0.39 is 11.8 Å². The minimum Gasteiger partial charge on any atom is -0.507 e. The van der Waals surface area contributed by atoms with E-state index in [1.807, 2.05) is 35.7 Å². The number of allylic oxidation sites excluding steroid dienone is 1. The van der Waals surface area contributed by atoms with Crippen LogP contribution < -0.4 is 0 Å². The highest BCUT2D eigenvalue weighted by Gasteiger charge is 2.56. The van der Waals surface area contributed by atoms with E-state index in [1.165, 1.54) is 10.5 Å². The zero-order valence-corrected chi connectivity index (χ0v) is 20.7. The number of para-hydroxylation sites is 1. The zero-order chi connectivity index (χ0) is 24.5. The van der Waals surface area contributed by atoms with Crippen molar-refractivity contribution in [1.82, 2.24) is 4.90 Å². The van der Waals surface area contributed by atoms with Crippen LogP contribution in [0.5, 0.6) is 5.75 Å². The molecule has 2 fully saturated rings. The number of carbonyl (C=O) groups excluding carboxylic acids is 2. The summed E-state index contributed by atoms with van der Waals surface area (Å²) in [5.74, 6) is -0.937. The fourth-order valence-corrected chi connectivity index (χ4v) is 6.59. The van der Waals surface area contributed by atoms with Gasteiger partial charge >= 0.3 is 0 Å². The number of hydrogen-bond donors (Lipinski definition) is 2. The van der Waals surface area contributed by atoms with E-state index in [2.05, 4.69) is 6.92 Å². The summed E-state index contributed by atoms with van der Waals surface area (Å²) in [6.07, 6.45) is 4.66. The summed E-state index contributed by atoms with van der Waals surface area (Å²) in [7, 11) is 0. The molecule has 2 amide bonds. The molecule has 2 aromatic rings. The number of hydrogen-bond acceptors (Lipinski definition) is 6. The van der Waals surface area contributed by atoms with E-state index in [4.69, 9.17) is 4.74 Å². The number of thiophene rings is 1. The molecular formula is C28H31NO5S. The van der Waals surface area contributed by atoms with Gasteiger partial charge in [-0.1, -0.05) is 42.8 Å². The molecule has 0 radical (unpaired) electrons. The molecule has 2 N–H and O–H groups in total. The number of phenols is 1. The van der Waals surface area contributed by atoms with E-state index in [1.54, 1.807) is 23.5 Å². The molecule has 5 rings (SSSR count). The average molecular weight is 494 g/mol. The average Bonchev–Trinajstić information content (AvgIpc) is 3.59. The summed E-state index contributed by atoms with van der Waals surface area (Å²) < 4.78 is 6.21. The molecule has 0 bridgehead atoms. The number of carbonyl (C=O) groups is 2. The van der Waals surface area contributed by atoms with Crippen LogP contribution in [-0.2, 0) is 20.9 Å². The van der Waals surface area contributed by atoms with Gasteiger partial charge in [-0.05, 0) is 54.3 Å². The number of nitrogens with zero attached hydrogens (tertiary/aromatic N) is 1. The molecule has 0 unspecified atom stereocenters. The van der Waals surface area contributed by atoms with Crippen molar-refractivity contribution in [1.29, 1.82) is 0 Å². The van der Waals surface area contributed by atoms with Crippen molar-refractivity contribution in [3.63, 3.8) is 0 Å². The Morgan fingerprint density at radius 3 is 2.71 bits per heavy atom. The van der Waals surface area contributed by atoms with E-state index in [9.17, 15) is 19.8 Å². The Balaban J connectivity index is 1.34. The molecule has 0 saturated carbocycles. The molecule has 0 spiro atoms. The molecule has 35 heavy (non-hydrogen) atoms. The van der Waals surface area contributed by atoms with Gasteiger partial charge in [-0.15, -0.1) is 11.3 Å². The molecule has 7 heteroatoms. The minimum absolute atomic E-state index is 0.106. The molecule has 2 aliphatic heterocycles. The SMILES string of the molecule is CC/C(=C\c1ccccc1O)CC[C@H]1OC[C@H]2C1=C(CO)C[C@H]1C(=O)N(Cc3cccs3)C(=O)[C@H]12. The minimum atomic E-state index is -0.409. The van der Waals surface area contributed by atoms with Crippen molar-refractivity contribution >= 4 is 29.2 Å². The highest BCUT2D eigenvalue weighted by Crippen LogP contribution is 2.50. The summed E-state index contributed by atoms with van der Waals surface area (Å²) >= 11 is 1.54. The number of likely N-dealkylation sites (tertiary alicyclic amines) is 1. The molecule has 1 aromatic heterocycles. The first-order valence-electron chi connectivity index (χ1n) is 12.3. The van der Waals surface area contributed by atoms with Crippen LogP contribution in [0.1, 0.15) is 43.0 Å². The number of phenolic OH excluding ortho intramolecular Hbond substituents is 1. The molecule has 3 aliphatic rings. The number of amides is 2. The molecule has 1 aliphatic carbocycles. The summed E-state index contributed by atoms with van der Waals surface area (Å²) in [5.41, 5.74) is 3.89. The molecule has 6 nitrogen and oxygen atoms in total. The third-order valence-corrected chi connectivity index (χ3v) is 8.52. The van der Waals surface area contributed by atoms with Crippen LogP contribution in [0, 0.1) is 17.8 Å². The van der Waals surface area contributed by atoms with Crippen LogP contribution >= 0.6 is 11.3 Å². The number of rotatable bonds is 8. The lowest BCUT2D eigenvalue weighted by atomic mass is 9.69. The van der Waals surface area contributed by atoms with Gasteiger partial charge < -0.3 is 14.9 Å². The lowest BCUT2D eigenvalue weighted by Gasteiger charge is -2.31. The maximum absolute atomic E-state index is 13.4. The number of ether oxygens (including phenoxy) is 1. The van der Waals surface area contributed by atoms with Crippen molar-refractivity contribution in [2.75, 3.05) is 13.2 Å². The number of aromatic hydroxyl groups is 1. The van der Waals surface area contributed by atoms with Crippen molar-refractivity contribution in [2.45, 2.75) is 45.3 Å². The second-order valence-electron chi connectivity index (χ2n) is 9.58. The molecule has 2 saturated heterocycles. The monoisotopic (exact) mass is 493 g/mol. The van der Waals surface area contributed by atoms with Gasteiger partial charge in [0.1, 0.15) is 5.75 Å². The Hall–Kier alpha value is -2.74. The fraction of sp³-hybridized carbons (Fsp3) is 0.429.